The van der Waals surface area contributed by atoms with Crippen molar-refractivity contribution in [1.29, 1.82) is 0 Å². The summed E-state index contributed by atoms with van der Waals surface area (Å²) in [6, 6.07) is 12.8. The molecule has 0 atom stereocenters. The van der Waals surface area contributed by atoms with Gasteiger partial charge in [0.1, 0.15) is 5.69 Å². The number of nitrogens with one attached hydrogen (secondary N) is 1. The van der Waals surface area contributed by atoms with Crippen LogP contribution in [0, 0.1) is 10.1 Å². The first-order chi connectivity index (χ1) is 10.1. The van der Waals surface area contributed by atoms with Crippen LogP contribution in [-0.4, -0.2) is 12.0 Å². The monoisotopic (exact) mass is 350 g/mol. The van der Waals surface area contributed by atoms with Gasteiger partial charge in [-0.15, -0.1) is 0 Å². The van der Waals surface area contributed by atoms with Gasteiger partial charge in [-0.25, -0.2) is 0 Å². The van der Waals surface area contributed by atoms with E-state index in [4.69, 9.17) is 4.74 Å². The third kappa shape index (κ3) is 4.03. The zero-order chi connectivity index (χ0) is 15.2. The molecular formula is C15H15BrN2O3. The summed E-state index contributed by atoms with van der Waals surface area (Å²) in [6.07, 6.45) is 0. The molecule has 0 saturated heterocycles. The van der Waals surface area contributed by atoms with E-state index in [-0.39, 0.29) is 5.69 Å². The van der Waals surface area contributed by atoms with Crippen molar-refractivity contribution >= 4 is 27.3 Å². The van der Waals surface area contributed by atoms with E-state index in [2.05, 4.69) is 21.2 Å². The summed E-state index contributed by atoms with van der Waals surface area (Å²) in [5.74, 6) is 0. The lowest BCUT2D eigenvalue weighted by atomic mass is 10.2. The van der Waals surface area contributed by atoms with Crippen LogP contribution in [0.25, 0.3) is 0 Å². The van der Waals surface area contributed by atoms with E-state index in [9.17, 15) is 10.1 Å². The fourth-order valence-electron chi connectivity index (χ4n) is 1.93. The van der Waals surface area contributed by atoms with E-state index in [1.807, 2.05) is 24.3 Å². The molecule has 0 fully saturated rings. The molecule has 6 heteroatoms. The summed E-state index contributed by atoms with van der Waals surface area (Å²) in [5.41, 5.74) is 2.50. The first-order valence-corrected chi connectivity index (χ1v) is 7.17. The maximum Gasteiger partial charge on any atom is 0.292 e. The lowest BCUT2D eigenvalue weighted by molar-refractivity contribution is -0.384. The van der Waals surface area contributed by atoms with Gasteiger partial charge in [0.25, 0.3) is 5.69 Å². The van der Waals surface area contributed by atoms with Gasteiger partial charge in [0, 0.05) is 17.6 Å². The van der Waals surface area contributed by atoms with Crippen LogP contribution < -0.4 is 5.32 Å². The zero-order valence-electron chi connectivity index (χ0n) is 11.5. The van der Waals surface area contributed by atoms with Gasteiger partial charge < -0.3 is 10.1 Å². The molecule has 2 aromatic carbocycles. The lowest BCUT2D eigenvalue weighted by Crippen LogP contribution is -1.99. The molecule has 0 unspecified atom stereocenters. The van der Waals surface area contributed by atoms with Gasteiger partial charge in [0.15, 0.2) is 0 Å². The van der Waals surface area contributed by atoms with Crippen LogP contribution in [0.3, 0.4) is 0 Å². The Morgan fingerprint density at radius 2 is 2.00 bits per heavy atom. The molecule has 0 aliphatic carbocycles. The summed E-state index contributed by atoms with van der Waals surface area (Å²) in [7, 11) is 1.66. The SMILES string of the molecule is CNc1cc(COCc2ccccc2Br)ccc1[N+](=O)[O-]. The first-order valence-electron chi connectivity index (χ1n) is 6.38. The van der Waals surface area contributed by atoms with Crippen LogP contribution >= 0.6 is 15.9 Å². The Bertz CT molecular complexity index is 647. The largest absolute Gasteiger partial charge is 0.383 e. The van der Waals surface area contributed by atoms with Gasteiger partial charge in [-0.2, -0.15) is 0 Å². The number of halogens is 1. The predicted molar refractivity (Wildman–Crippen MR) is 85.3 cm³/mol. The molecular weight excluding hydrogens is 336 g/mol. The molecule has 0 saturated carbocycles. The molecule has 0 radical (unpaired) electrons. The molecule has 0 heterocycles. The van der Waals surface area contributed by atoms with Gasteiger partial charge >= 0.3 is 0 Å². The smallest absolute Gasteiger partial charge is 0.292 e. The number of anilines is 1. The quantitative estimate of drug-likeness (QED) is 0.628. The van der Waals surface area contributed by atoms with Crippen molar-refractivity contribution in [3.63, 3.8) is 0 Å². The molecule has 2 rings (SSSR count). The van der Waals surface area contributed by atoms with E-state index in [1.54, 1.807) is 19.2 Å². The highest BCUT2D eigenvalue weighted by molar-refractivity contribution is 9.10. The number of ether oxygens (including phenoxy) is 1. The fraction of sp³-hybridized carbons (Fsp3) is 0.200. The third-order valence-corrected chi connectivity index (χ3v) is 3.78. The van der Waals surface area contributed by atoms with Crippen molar-refractivity contribution in [2.75, 3.05) is 12.4 Å². The van der Waals surface area contributed by atoms with Gasteiger partial charge in [0.2, 0.25) is 0 Å². The van der Waals surface area contributed by atoms with E-state index < -0.39 is 4.92 Å². The van der Waals surface area contributed by atoms with Crippen molar-refractivity contribution < 1.29 is 9.66 Å². The maximum atomic E-state index is 10.9. The van der Waals surface area contributed by atoms with E-state index >= 15 is 0 Å². The molecule has 1 N–H and O–H groups in total. The van der Waals surface area contributed by atoms with Gasteiger partial charge in [-0.3, -0.25) is 10.1 Å². The van der Waals surface area contributed by atoms with Crippen molar-refractivity contribution in [2.24, 2.45) is 0 Å². The van der Waals surface area contributed by atoms with Crippen LogP contribution in [0.4, 0.5) is 11.4 Å². The fourth-order valence-corrected chi connectivity index (χ4v) is 2.33. The minimum absolute atomic E-state index is 0.0621. The molecule has 0 bridgehead atoms. The van der Waals surface area contributed by atoms with Crippen molar-refractivity contribution in [2.45, 2.75) is 13.2 Å². The minimum atomic E-state index is -0.405. The number of hydrogen-bond acceptors (Lipinski definition) is 4. The van der Waals surface area contributed by atoms with Crippen LogP contribution in [0.2, 0.25) is 0 Å². The van der Waals surface area contributed by atoms with Crippen LogP contribution in [0.15, 0.2) is 46.9 Å². The number of nitrogens with zero attached hydrogens (tertiary/aromatic N) is 1. The van der Waals surface area contributed by atoms with E-state index in [0.717, 1.165) is 15.6 Å². The van der Waals surface area contributed by atoms with E-state index in [1.165, 1.54) is 6.07 Å². The Morgan fingerprint density at radius 1 is 1.24 bits per heavy atom. The molecule has 0 spiro atoms. The second-order valence-electron chi connectivity index (χ2n) is 4.44. The average Bonchev–Trinajstić information content (AvgIpc) is 2.48. The Hall–Kier alpha value is -1.92. The predicted octanol–water partition coefficient (Wildman–Crippen LogP) is 4.12. The van der Waals surface area contributed by atoms with Crippen molar-refractivity contribution in [1.82, 2.24) is 0 Å². The highest BCUT2D eigenvalue weighted by Crippen LogP contribution is 2.25. The molecule has 21 heavy (non-hydrogen) atoms. The molecule has 110 valence electrons. The summed E-state index contributed by atoms with van der Waals surface area (Å²) in [6.45, 7) is 0.876. The number of benzene rings is 2. The zero-order valence-corrected chi connectivity index (χ0v) is 13.1. The summed E-state index contributed by atoms with van der Waals surface area (Å²) < 4.78 is 6.66. The third-order valence-electron chi connectivity index (χ3n) is 3.01. The second-order valence-corrected chi connectivity index (χ2v) is 5.30. The topological polar surface area (TPSA) is 64.4 Å². The number of nitro benzene ring substituents is 1. The Labute approximate surface area is 131 Å². The first kappa shape index (κ1) is 15.5. The highest BCUT2D eigenvalue weighted by atomic mass is 79.9. The lowest BCUT2D eigenvalue weighted by Gasteiger charge is -2.08. The van der Waals surface area contributed by atoms with Crippen LogP contribution in [0.1, 0.15) is 11.1 Å². The summed E-state index contributed by atoms with van der Waals surface area (Å²) in [4.78, 5) is 10.5. The molecule has 2 aromatic rings. The second kappa shape index (κ2) is 7.19. The Kier molecular flexibility index (Phi) is 5.30. The minimum Gasteiger partial charge on any atom is -0.383 e. The van der Waals surface area contributed by atoms with Crippen LogP contribution in [0.5, 0.6) is 0 Å². The highest BCUT2D eigenvalue weighted by Gasteiger charge is 2.12. The Morgan fingerprint density at radius 3 is 2.67 bits per heavy atom. The maximum absolute atomic E-state index is 10.9. The van der Waals surface area contributed by atoms with Gasteiger partial charge in [0.05, 0.1) is 18.1 Å². The van der Waals surface area contributed by atoms with Gasteiger partial charge in [-0.05, 0) is 29.3 Å². The molecule has 0 amide bonds. The molecule has 0 aliphatic heterocycles. The number of nitro groups is 1. The van der Waals surface area contributed by atoms with Crippen molar-refractivity contribution in [3.8, 4) is 0 Å². The summed E-state index contributed by atoms with van der Waals surface area (Å²) in [5, 5.41) is 13.7. The van der Waals surface area contributed by atoms with Crippen LogP contribution in [-0.2, 0) is 18.0 Å². The molecule has 0 aromatic heterocycles. The Balaban J connectivity index is 2.01. The van der Waals surface area contributed by atoms with E-state index in [0.29, 0.717) is 18.9 Å². The summed E-state index contributed by atoms with van der Waals surface area (Å²) >= 11 is 3.47. The number of rotatable bonds is 6. The molecule has 0 aliphatic rings. The van der Waals surface area contributed by atoms with Gasteiger partial charge in [-0.1, -0.05) is 34.1 Å². The average molecular weight is 351 g/mol. The normalized spacial score (nSPS) is 10.4. The molecule has 5 nitrogen and oxygen atoms in total. The standard InChI is InChI=1S/C15H15BrN2O3/c1-17-14-8-11(6-7-15(14)18(19)20)9-21-10-12-4-2-3-5-13(12)16/h2-8,17H,9-10H2,1H3. The number of hydrogen-bond donors (Lipinski definition) is 1. The van der Waals surface area contributed by atoms with Crippen molar-refractivity contribution in [3.05, 3.63) is 68.2 Å².